The molecule has 0 radical (unpaired) electrons. The molecule has 0 spiro atoms. The lowest BCUT2D eigenvalue weighted by atomic mass is 10.1. The first kappa shape index (κ1) is 21.9. The number of sulfonamides is 1. The van der Waals surface area contributed by atoms with E-state index in [-0.39, 0.29) is 10.1 Å². The minimum absolute atomic E-state index is 0.241. The van der Waals surface area contributed by atoms with Gasteiger partial charge in [-0.3, -0.25) is 9.10 Å². The van der Waals surface area contributed by atoms with Gasteiger partial charge in [0.1, 0.15) is 16.6 Å². The standard InChI is InChI=1S/C22H24N2O4S2/c1-16-6-4-7-20(17(16)2)28-14-13-23-22(25)18-9-11-19(12-10-18)24(3)30(26,27)21-8-5-15-29-21/h4-12,15H,13-14H2,1-3H3,(H,23,25). The van der Waals surface area contributed by atoms with Crippen LogP contribution in [0.4, 0.5) is 5.69 Å². The van der Waals surface area contributed by atoms with Gasteiger partial charge >= 0.3 is 0 Å². The molecule has 1 N–H and O–H groups in total. The monoisotopic (exact) mass is 444 g/mol. The van der Waals surface area contributed by atoms with Crippen LogP contribution < -0.4 is 14.4 Å². The molecule has 2 aromatic carbocycles. The van der Waals surface area contributed by atoms with Crippen molar-refractivity contribution in [3.05, 3.63) is 76.7 Å². The van der Waals surface area contributed by atoms with Crippen molar-refractivity contribution in [2.24, 2.45) is 0 Å². The van der Waals surface area contributed by atoms with Crippen molar-refractivity contribution in [3.8, 4) is 5.75 Å². The fraction of sp³-hybridized carbons (Fsp3) is 0.227. The highest BCUT2D eigenvalue weighted by Gasteiger charge is 2.22. The number of amides is 1. The molecule has 0 saturated heterocycles. The van der Waals surface area contributed by atoms with Gasteiger partial charge < -0.3 is 10.1 Å². The lowest BCUT2D eigenvalue weighted by Crippen LogP contribution is -2.28. The van der Waals surface area contributed by atoms with Gasteiger partial charge in [0.15, 0.2) is 0 Å². The predicted octanol–water partition coefficient (Wildman–Crippen LogP) is 4.00. The summed E-state index contributed by atoms with van der Waals surface area (Å²) in [4.78, 5) is 12.3. The average molecular weight is 445 g/mol. The van der Waals surface area contributed by atoms with Crippen LogP contribution in [0.1, 0.15) is 21.5 Å². The molecule has 8 heteroatoms. The Hall–Kier alpha value is -2.84. The quantitative estimate of drug-likeness (QED) is 0.533. The maximum atomic E-state index is 12.6. The molecule has 0 aliphatic heterocycles. The minimum Gasteiger partial charge on any atom is -0.491 e. The van der Waals surface area contributed by atoms with Gasteiger partial charge in [-0.1, -0.05) is 18.2 Å². The van der Waals surface area contributed by atoms with Crippen LogP contribution in [0.3, 0.4) is 0 Å². The number of aryl methyl sites for hydroxylation is 1. The Morgan fingerprint density at radius 3 is 2.47 bits per heavy atom. The summed E-state index contributed by atoms with van der Waals surface area (Å²) in [7, 11) is -2.10. The van der Waals surface area contributed by atoms with Crippen LogP contribution in [0.25, 0.3) is 0 Å². The molecule has 1 heterocycles. The van der Waals surface area contributed by atoms with E-state index < -0.39 is 10.0 Å². The van der Waals surface area contributed by atoms with E-state index in [1.807, 2.05) is 32.0 Å². The summed E-state index contributed by atoms with van der Waals surface area (Å²) in [5.41, 5.74) is 3.18. The van der Waals surface area contributed by atoms with Crippen LogP contribution in [0.15, 0.2) is 64.2 Å². The van der Waals surface area contributed by atoms with Crippen molar-refractivity contribution < 1.29 is 17.9 Å². The van der Waals surface area contributed by atoms with Crippen LogP contribution in [0, 0.1) is 13.8 Å². The summed E-state index contributed by atoms with van der Waals surface area (Å²) in [6.07, 6.45) is 0. The lowest BCUT2D eigenvalue weighted by Gasteiger charge is -2.18. The van der Waals surface area contributed by atoms with Crippen LogP contribution in [0.2, 0.25) is 0 Å². The first-order valence-electron chi connectivity index (χ1n) is 9.40. The SMILES string of the molecule is Cc1cccc(OCCNC(=O)c2ccc(N(C)S(=O)(=O)c3cccs3)cc2)c1C. The first-order valence-corrected chi connectivity index (χ1v) is 11.7. The fourth-order valence-corrected chi connectivity index (χ4v) is 5.17. The molecule has 0 aliphatic carbocycles. The smallest absolute Gasteiger partial charge is 0.273 e. The maximum absolute atomic E-state index is 12.6. The molecule has 1 aromatic heterocycles. The van der Waals surface area contributed by atoms with Crippen molar-refractivity contribution in [1.29, 1.82) is 0 Å². The maximum Gasteiger partial charge on any atom is 0.273 e. The lowest BCUT2D eigenvalue weighted by molar-refractivity contribution is 0.0947. The average Bonchev–Trinajstić information content (AvgIpc) is 3.29. The highest BCUT2D eigenvalue weighted by molar-refractivity contribution is 7.94. The second-order valence-electron chi connectivity index (χ2n) is 6.75. The molecule has 0 unspecified atom stereocenters. The Balaban J connectivity index is 1.55. The van der Waals surface area contributed by atoms with Gasteiger partial charge in [-0.05, 0) is 66.8 Å². The van der Waals surface area contributed by atoms with Crippen LogP contribution in [-0.4, -0.2) is 34.5 Å². The first-order chi connectivity index (χ1) is 14.3. The van der Waals surface area contributed by atoms with E-state index in [1.54, 1.807) is 41.8 Å². The van der Waals surface area contributed by atoms with E-state index in [1.165, 1.54) is 22.7 Å². The summed E-state index contributed by atoms with van der Waals surface area (Å²) in [6, 6.07) is 15.6. The van der Waals surface area contributed by atoms with Gasteiger partial charge in [-0.15, -0.1) is 11.3 Å². The summed E-state index contributed by atoms with van der Waals surface area (Å²) >= 11 is 1.17. The topological polar surface area (TPSA) is 75.7 Å². The van der Waals surface area contributed by atoms with E-state index in [2.05, 4.69) is 5.32 Å². The molecule has 0 bridgehead atoms. The zero-order chi connectivity index (χ0) is 21.7. The molecule has 0 aliphatic rings. The third-order valence-electron chi connectivity index (χ3n) is 4.80. The van der Waals surface area contributed by atoms with Gasteiger partial charge in [0.05, 0.1) is 12.2 Å². The molecule has 1 amide bonds. The van der Waals surface area contributed by atoms with Gasteiger partial charge in [0.2, 0.25) is 0 Å². The Kier molecular flexibility index (Phi) is 6.79. The number of ether oxygens (including phenoxy) is 1. The number of nitrogens with one attached hydrogen (secondary N) is 1. The Labute approximate surface area is 181 Å². The molecule has 0 saturated carbocycles. The molecule has 3 rings (SSSR count). The number of anilines is 1. The molecule has 0 atom stereocenters. The highest BCUT2D eigenvalue weighted by Crippen LogP contribution is 2.25. The molecule has 30 heavy (non-hydrogen) atoms. The van der Waals surface area contributed by atoms with Crippen LogP contribution in [0.5, 0.6) is 5.75 Å². The Morgan fingerprint density at radius 1 is 1.07 bits per heavy atom. The molecular weight excluding hydrogens is 420 g/mol. The zero-order valence-electron chi connectivity index (χ0n) is 17.1. The van der Waals surface area contributed by atoms with E-state index in [4.69, 9.17) is 4.74 Å². The number of carbonyl (C=O) groups excluding carboxylic acids is 1. The number of carbonyl (C=O) groups is 1. The van der Waals surface area contributed by atoms with Gasteiger partial charge in [0, 0.05) is 12.6 Å². The summed E-state index contributed by atoms with van der Waals surface area (Å²) < 4.78 is 32.4. The predicted molar refractivity (Wildman–Crippen MR) is 120 cm³/mol. The second-order valence-corrected chi connectivity index (χ2v) is 9.90. The van der Waals surface area contributed by atoms with Crippen molar-refractivity contribution in [2.75, 3.05) is 24.5 Å². The number of benzene rings is 2. The van der Waals surface area contributed by atoms with E-state index in [0.29, 0.717) is 24.4 Å². The number of thiophene rings is 1. The molecule has 158 valence electrons. The second kappa shape index (κ2) is 9.32. The molecule has 3 aromatic rings. The van der Waals surface area contributed by atoms with E-state index >= 15 is 0 Å². The Morgan fingerprint density at radius 2 is 1.80 bits per heavy atom. The van der Waals surface area contributed by atoms with Crippen molar-refractivity contribution in [1.82, 2.24) is 5.32 Å². The van der Waals surface area contributed by atoms with E-state index in [0.717, 1.165) is 16.9 Å². The number of rotatable bonds is 8. The van der Waals surface area contributed by atoms with Crippen molar-refractivity contribution in [2.45, 2.75) is 18.1 Å². The third-order valence-corrected chi connectivity index (χ3v) is 7.96. The summed E-state index contributed by atoms with van der Waals surface area (Å²) in [5, 5.41) is 4.53. The number of hydrogen-bond acceptors (Lipinski definition) is 5. The molecule has 0 fully saturated rings. The molecular formula is C22H24N2O4S2. The summed E-state index contributed by atoms with van der Waals surface area (Å²) in [6.45, 7) is 4.74. The van der Waals surface area contributed by atoms with Gasteiger partial charge in [-0.2, -0.15) is 0 Å². The number of nitrogens with zero attached hydrogens (tertiary/aromatic N) is 1. The molecule has 6 nitrogen and oxygen atoms in total. The zero-order valence-corrected chi connectivity index (χ0v) is 18.7. The fourth-order valence-electron chi connectivity index (χ4n) is 2.81. The largest absolute Gasteiger partial charge is 0.491 e. The van der Waals surface area contributed by atoms with Gasteiger partial charge in [-0.25, -0.2) is 8.42 Å². The van der Waals surface area contributed by atoms with Crippen LogP contribution in [-0.2, 0) is 10.0 Å². The van der Waals surface area contributed by atoms with E-state index in [9.17, 15) is 13.2 Å². The summed E-state index contributed by atoms with van der Waals surface area (Å²) in [5.74, 6) is 0.568. The van der Waals surface area contributed by atoms with Crippen molar-refractivity contribution >= 4 is 33.0 Å². The highest BCUT2D eigenvalue weighted by atomic mass is 32.2. The third kappa shape index (κ3) is 4.83. The Bertz CT molecular complexity index is 1110. The van der Waals surface area contributed by atoms with Crippen molar-refractivity contribution in [3.63, 3.8) is 0 Å². The van der Waals surface area contributed by atoms with Gasteiger partial charge in [0.25, 0.3) is 15.9 Å². The number of hydrogen-bond donors (Lipinski definition) is 1. The van der Waals surface area contributed by atoms with Crippen LogP contribution >= 0.6 is 11.3 Å². The normalized spacial score (nSPS) is 11.2. The minimum atomic E-state index is -3.60.